The van der Waals surface area contributed by atoms with E-state index in [4.69, 9.17) is 16.3 Å². The van der Waals surface area contributed by atoms with Crippen molar-refractivity contribution < 1.29 is 4.74 Å². The summed E-state index contributed by atoms with van der Waals surface area (Å²) in [6.45, 7) is 7.50. The summed E-state index contributed by atoms with van der Waals surface area (Å²) in [4.78, 5) is 0. The molecular weight excluding hydrogens is 270 g/mol. The molecule has 2 rings (SSSR count). The van der Waals surface area contributed by atoms with Crippen LogP contribution < -0.4 is 5.32 Å². The van der Waals surface area contributed by atoms with Gasteiger partial charge in [0.1, 0.15) is 0 Å². The van der Waals surface area contributed by atoms with Crippen molar-refractivity contribution in [1.82, 2.24) is 5.32 Å². The summed E-state index contributed by atoms with van der Waals surface area (Å²) in [7, 11) is 0. The predicted molar refractivity (Wildman–Crippen MR) is 85.2 cm³/mol. The molecule has 0 bridgehead atoms. The Morgan fingerprint density at radius 2 is 2.05 bits per heavy atom. The molecule has 1 N–H and O–H groups in total. The molecule has 1 fully saturated rings. The van der Waals surface area contributed by atoms with E-state index in [1.165, 1.54) is 18.4 Å². The van der Waals surface area contributed by atoms with Crippen LogP contribution in [0.1, 0.15) is 51.7 Å². The molecule has 2 unspecified atom stereocenters. The molecule has 0 spiro atoms. The Morgan fingerprint density at radius 1 is 1.30 bits per heavy atom. The molecule has 0 amide bonds. The maximum atomic E-state index is 6.26. The van der Waals surface area contributed by atoms with E-state index in [2.05, 4.69) is 32.2 Å². The van der Waals surface area contributed by atoms with Crippen molar-refractivity contribution in [2.75, 3.05) is 6.54 Å². The monoisotopic (exact) mass is 295 g/mol. The van der Waals surface area contributed by atoms with Crippen molar-refractivity contribution in [1.29, 1.82) is 0 Å². The van der Waals surface area contributed by atoms with Crippen molar-refractivity contribution in [3.63, 3.8) is 0 Å². The number of halogens is 1. The van der Waals surface area contributed by atoms with Gasteiger partial charge in [-0.1, -0.05) is 37.6 Å². The fourth-order valence-corrected chi connectivity index (χ4v) is 2.71. The van der Waals surface area contributed by atoms with Crippen LogP contribution in [0.5, 0.6) is 0 Å². The SMILES string of the molecule is CC(C)CC(C)OC(CNC1CC1)c1cccc(Cl)c1. The summed E-state index contributed by atoms with van der Waals surface area (Å²) in [6.07, 6.45) is 4.02. The van der Waals surface area contributed by atoms with Crippen LogP contribution in [0.4, 0.5) is 0 Å². The van der Waals surface area contributed by atoms with Gasteiger partial charge >= 0.3 is 0 Å². The zero-order valence-electron chi connectivity index (χ0n) is 12.7. The Labute approximate surface area is 127 Å². The summed E-state index contributed by atoms with van der Waals surface area (Å²) in [5.41, 5.74) is 1.17. The average molecular weight is 296 g/mol. The molecule has 2 atom stereocenters. The molecule has 0 radical (unpaired) electrons. The number of benzene rings is 1. The molecule has 112 valence electrons. The van der Waals surface area contributed by atoms with Crippen LogP contribution in [-0.4, -0.2) is 18.7 Å². The minimum atomic E-state index is 0.0862. The van der Waals surface area contributed by atoms with Crippen LogP contribution in [0.3, 0.4) is 0 Å². The number of nitrogens with one attached hydrogen (secondary N) is 1. The Hall–Kier alpha value is -0.570. The first-order valence-corrected chi connectivity index (χ1v) is 8.06. The lowest BCUT2D eigenvalue weighted by Gasteiger charge is -2.24. The van der Waals surface area contributed by atoms with Crippen LogP contribution in [0.15, 0.2) is 24.3 Å². The van der Waals surface area contributed by atoms with E-state index in [0.29, 0.717) is 12.0 Å². The lowest BCUT2D eigenvalue weighted by molar-refractivity contribution is -0.0128. The minimum Gasteiger partial charge on any atom is -0.369 e. The normalized spacial score (nSPS) is 18.2. The van der Waals surface area contributed by atoms with Crippen LogP contribution >= 0.6 is 11.6 Å². The topological polar surface area (TPSA) is 21.3 Å². The van der Waals surface area contributed by atoms with Gasteiger partial charge in [-0.15, -0.1) is 0 Å². The van der Waals surface area contributed by atoms with Crippen molar-refractivity contribution in [2.24, 2.45) is 5.92 Å². The quantitative estimate of drug-likeness (QED) is 0.758. The molecule has 1 aromatic carbocycles. The van der Waals surface area contributed by atoms with Crippen molar-refractivity contribution >= 4 is 11.6 Å². The van der Waals surface area contributed by atoms with Gasteiger partial charge in [-0.3, -0.25) is 0 Å². The average Bonchev–Trinajstić information content (AvgIpc) is 3.17. The highest BCUT2D eigenvalue weighted by molar-refractivity contribution is 6.30. The molecule has 1 aliphatic rings. The second kappa shape index (κ2) is 7.44. The van der Waals surface area contributed by atoms with E-state index in [-0.39, 0.29) is 12.2 Å². The lowest BCUT2D eigenvalue weighted by atomic mass is 10.1. The van der Waals surface area contributed by atoms with E-state index in [1.54, 1.807) is 0 Å². The third-order valence-corrected chi connectivity index (χ3v) is 3.82. The van der Waals surface area contributed by atoms with Gasteiger partial charge in [0.2, 0.25) is 0 Å². The number of rotatable bonds is 8. The van der Waals surface area contributed by atoms with Gasteiger partial charge in [0.05, 0.1) is 12.2 Å². The third-order valence-electron chi connectivity index (χ3n) is 3.59. The minimum absolute atomic E-state index is 0.0862. The van der Waals surface area contributed by atoms with E-state index in [1.807, 2.05) is 18.2 Å². The molecule has 1 aromatic rings. The zero-order chi connectivity index (χ0) is 14.5. The number of hydrogen-bond acceptors (Lipinski definition) is 2. The van der Waals surface area contributed by atoms with Crippen molar-refractivity contribution in [3.05, 3.63) is 34.9 Å². The van der Waals surface area contributed by atoms with Crippen molar-refractivity contribution in [3.8, 4) is 0 Å². The molecular formula is C17H26ClNO. The molecule has 0 saturated heterocycles. The van der Waals surface area contributed by atoms with Crippen LogP contribution in [0.25, 0.3) is 0 Å². The Kier molecular flexibility index (Phi) is 5.88. The second-order valence-corrected chi connectivity index (χ2v) is 6.74. The Bertz CT molecular complexity index is 417. The van der Waals surface area contributed by atoms with Gasteiger partial charge < -0.3 is 10.1 Å². The first-order chi connectivity index (χ1) is 9.54. The van der Waals surface area contributed by atoms with Crippen LogP contribution in [0.2, 0.25) is 5.02 Å². The van der Waals surface area contributed by atoms with Gasteiger partial charge in [-0.25, -0.2) is 0 Å². The molecule has 0 heterocycles. The molecule has 3 heteroatoms. The highest BCUT2D eigenvalue weighted by Crippen LogP contribution is 2.26. The summed E-state index contributed by atoms with van der Waals surface area (Å²) >= 11 is 6.11. The van der Waals surface area contributed by atoms with Crippen molar-refractivity contribution in [2.45, 2.75) is 58.3 Å². The highest BCUT2D eigenvalue weighted by Gasteiger charge is 2.24. The van der Waals surface area contributed by atoms with Gasteiger partial charge in [0, 0.05) is 17.6 Å². The van der Waals surface area contributed by atoms with Gasteiger partial charge in [0.25, 0.3) is 0 Å². The lowest BCUT2D eigenvalue weighted by Crippen LogP contribution is -2.28. The molecule has 1 aliphatic carbocycles. The van der Waals surface area contributed by atoms with Crippen LogP contribution in [0, 0.1) is 5.92 Å². The number of hydrogen-bond donors (Lipinski definition) is 1. The van der Waals surface area contributed by atoms with Crippen LogP contribution in [-0.2, 0) is 4.74 Å². The van der Waals surface area contributed by atoms with Gasteiger partial charge in [-0.05, 0) is 49.8 Å². The fourth-order valence-electron chi connectivity index (χ4n) is 2.51. The smallest absolute Gasteiger partial charge is 0.0953 e. The van der Waals surface area contributed by atoms with E-state index in [9.17, 15) is 0 Å². The highest BCUT2D eigenvalue weighted by atomic mass is 35.5. The van der Waals surface area contributed by atoms with Gasteiger partial charge in [0.15, 0.2) is 0 Å². The molecule has 0 aromatic heterocycles. The Morgan fingerprint density at radius 3 is 2.65 bits per heavy atom. The standard InChI is InChI=1S/C17H26ClNO/c1-12(2)9-13(3)20-17(11-19-16-7-8-16)14-5-4-6-15(18)10-14/h4-6,10,12-13,16-17,19H,7-9,11H2,1-3H3. The van der Waals surface area contributed by atoms with E-state index >= 15 is 0 Å². The molecule has 0 aliphatic heterocycles. The molecule has 2 nitrogen and oxygen atoms in total. The molecule has 20 heavy (non-hydrogen) atoms. The predicted octanol–water partition coefficient (Wildman–Crippen LogP) is 4.58. The first-order valence-electron chi connectivity index (χ1n) is 7.69. The maximum absolute atomic E-state index is 6.26. The largest absolute Gasteiger partial charge is 0.369 e. The third kappa shape index (κ3) is 5.43. The fraction of sp³-hybridized carbons (Fsp3) is 0.647. The second-order valence-electron chi connectivity index (χ2n) is 6.30. The van der Waals surface area contributed by atoms with Gasteiger partial charge in [-0.2, -0.15) is 0 Å². The zero-order valence-corrected chi connectivity index (χ0v) is 13.5. The summed E-state index contributed by atoms with van der Waals surface area (Å²) < 4.78 is 6.26. The first kappa shape index (κ1) is 15.8. The summed E-state index contributed by atoms with van der Waals surface area (Å²) in [6, 6.07) is 8.73. The summed E-state index contributed by atoms with van der Waals surface area (Å²) in [5, 5.41) is 4.34. The number of ether oxygens (including phenoxy) is 1. The maximum Gasteiger partial charge on any atom is 0.0953 e. The van der Waals surface area contributed by atoms with E-state index < -0.39 is 0 Å². The summed E-state index contributed by atoms with van der Waals surface area (Å²) in [5.74, 6) is 0.654. The Balaban J connectivity index is 1.98. The van der Waals surface area contributed by atoms with E-state index in [0.717, 1.165) is 18.0 Å². The molecule has 1 saturated carbocycles.